The summed E-state index contributed by atoms with van der Waals surface area (Å²) < 4.78 is 96.0. The molecule has 26 nitrogen and oxygen atoms in total. The van der Waals surface area contributed by atoms with Crippen molar-refractivity contribution in [1.82, 2.24) is 58.6 Å². The van der Waals surface area contributed by atoms with E-state index < -0.39 is 60.5 Å². The Morgan fingerprint density at radius 3 is 1.25 bits per heavy atom. The van der Waals surface area contributed by atoms with Crippen molar-refractivity contribution in [3.8, 4) is 22.3 Å². The summed E-state index contributed by atoms with van der Waals surface area (Å²) in [4.78, 5) is 69.1. The molecular formula is C83H89B3Br2ClF4IN18O8S3. The average molecular weight is 1990 g/mol. The second-order valence-electron chi connectivity index (χ2n) is 30.8. The van der Waals surface area contributed by atoms with Crippen molar-refractivity contribution in [2.75, 3.05) is 40.9 Å². The van der Waals surface area contributed by atoms with Crippen molar-refractivity contribution in [1.29, 1.82) is 10.8 Å². The number of hydrogen-bond donors (Lipinski definition) is 6. The topological polar surface area (TPSA) is 351 Å². The minimum atomic E-state index is -0.677. The molecule has 0 spiro atoms. The molecule has 0 radical (unpaired) electrons. The van der Waals surface area contributed by atoms with Crippen LogP contribution >= 0.6 is 101 Å². The van der Waals surface area contributed by atoms with Crippen molar-refractivity contribution in [2.24, 2.45) is 0 Å². The fourth-order valence-electron chi connectivity index (χ4n) is 12.0. The molecule has 0 aliphatic carbocycles. The van der Waals surface area contributed by atoms with E-state index in [1.54, 1.807) is 109 Å². The molecule has 0 bridgehead atoms. The monoisotopic (exact) mass is 1990 g/mol. The van der Waals surface area contributed by atoms with Crippen LogP contribution in [0.3, 0.4) is 0 Å². The molecule has 3 saturated heterocycles. The second-order valence-corrected chi connectivity index (χ2v) is 36.6. The Morgan fingerprint density at radius 2 is 0.886 bits per heavy atom. The molecule has 642 valence electrons. The molecular weight excluding hydrogens is 1900 g/mol. The highest BCUT2D eigenvalue weighted by Crippen LogP contribution is 2.44. The van der Waals surface area contributed by atoms with Gasteiger partial charge in [-0.2, -0.15) is 0 Å². The van der Waals surface area contributed by atoms with Crippen LogP contribution in [0.1, 0.15) is 137 Å². The van der Waals surface area contributed by atoms with Gasteiger partial charge in [-0.1, -0.05) is 41.9 Å². The predicted octanol–water partition coefficient (Wildman–Crippen LogP) is 18.1. The third-order valence-electron chi connectivity index (χ3n) is 20.7. The van der Waals surface area contributed by atoms with E-state index in [1.807, 2.05) is 111 Å². The van der Waals surface area contributed by atoms with Crippen LogP contribution in [0.2, 0.25) is 5.15 Å². The van der Waals surface area contributed by atoms with Crippen LogP contribution in [0, 0.1) is 34.1 Å². The Bertz CT molecular complexity index is 5840. The molecule has 3 aliphatic heterocycles. The number of thioether (sulfide) groups is 3. The smallest absolute Gasteiger partial charge is 0.405 e. The van der Waals surface area contributed by atoms with E-state index in [2.05, 4.69) is 120 Å². The Labute approximate surface area is 758 Å². The zero-order chi connectivity index (χ0) is 90.0. The highest BCUT2D eigenvalue weighted by Gasteiger charge is 2.64. The Morgan fingerprint density at radius 1 is 0.496 bits per heavy atom. The molecule has 15 rings (SSSR count). The third kappa shape index (κ3) is 23.5. The molecule has 3 aliphatic rings. The van der Waals surface area contributed by atoms with Crippen LogP contribution in [-0.4, -0.2) is 142 Å². The highest BCUT2D eigenvalue weighted by molar-refractivity contribution is 14.1. The van der Waals surface area contributed by atoms with Crippen molar-refractivity contribution in [2.45, 2.75) is 158 Å². The molecule has 12 aromatic rings. The Balaban J connectivity index is 0.000000167. The van der Waals surface area contributed by atoms with Crippen LogP contribution in [0.5, 0.6) is 0 Å². The summed E-state index contributed by atoms with van der Waals surface area (Å²) in [5.41, 5.74) is 12.8. The molecule has 123 heavy (non-hydrogen) atoms. The van der Waals surface area contributed by atoms with Crippen LogP contribution in [-0.2, 0) is 27.9 Å². The first-order chi connectivity index (χ1) is 57.9. The third-order valence-corrected chi connectivity index (χ3v) is 24.4. The maximum atomic E-state index is 14.2. The van der Waals surface area contributed by atoms with E-state index in [0.29, 0.717) is 27.5 Å². The summed E-state index contributed by atoms with van der Waals surface area (Å²) in [7, 11) is -1.27. The predicted molar refractivity (Wildman–Crippen MR) is 498 cm³/mol. The molecule has 2 aromatic carbocycles. The number of nitrogens with two attached hydrogens (primary N) is 2. The molecule has 40 heteroatoms. The van der Waals surface area contributed by atoms with E-state index in [-0.39, 0.29) is 113 Å². The van der Waals surface area contributed by atoms with Crippen LogP contribution in [0.4, 0.5) is 40.8 Å². The molecule has 0 saturated carbocycles. The Hall–Kier alpha value is -8.84. The summed E-state index contributed by atoms with van der Waals surface area (Å²) in [6, 6.07) is 30.1. The summed E-state index contributed by atoms with van der Waals surface area (Å²) in [6.07, 6.45) is 17.4. The summed E-state index contributed by atoms with van der Waals surface area (Å²) in [5, 5.41) is 26.5. The second kappa shape index (κ2) is 40.6. The average Bonchev–Trinajstić information content (AvgIpc) is 1.74. The lowest BCUT2D eigenvalue weighted by Crippen LogP contribution is -2.41. The van der Waals surface area contributed by atoms with E-state index in [1.165, 1.54) is 85.1 Å². The lowest BCUT2D eigenvalue weighted by atomic mass is 9.49. The quantitative estimate of drug-likeness (QED) is 0.0131. The molecule has 0 amide bonds. The molecule has 13 heterocycles. The van der Waals surface area contributed by atoms with Gasteiger partial charge in [-0.3, -0.25) is 34.2 Å². The maximum Gasteiger partial charge on any atom is 0.496 e. The number of rotatable bonds is 16. The lowest BCUT2D eigenvalue weighted by molar-refractivity contribution is 0.00578. The molecule has 1 unspecified atom stereocenters. The summed E-state index contributed by atoms with van der Waals surface area (Å²) in [5.74, 6) is -1.56. The van der Waals surface area contributed by atoms with Gasteiger partial charge < -0.3 is 50.0 Å². The SMILES string of the molecule is CC(Nc1ncnc(N)c1C(=N)I)c1nc2ccc(F)cn2c(=O)c1-c1cccc(F)c1.CC1(C)OB(B2OC(C)(C)C(C)(C)O2)OC1(C)C.CSc1ccc(B2OC(C)(C)C(C)(C)O2)cn1.CSc1ccc(Br)cn1.CSc1ccc(C(=N)c2c(N)ncnc2N[C@@H](C)c2nc3ccc(F)cn3c(=O)c2-c2cccc(F)c2)cn1.Clc1ccc(Br)cn1. The minimum absolute atomic E-state index is 0.0512. The van der Waals surface area contributed by atoms with Crippen molar-refractivity contribution < 1.29 is 45.5 Å². The number of anilines is 4. The number of fused-ring (bicyclic) bond motifs is 2. The number of nitrogens with zero attached hydrogens (tertiary/aromatic N) is 12. The maximum absolute atomic E-state index is 14.2. The standard InChI is InChI=1S/C27H22F2N8OS.C21H16F2IN7O.C12H24B2O4.C12H18BNO2S.C6H6BrNS.C5H3BrClN/c1-14(35-26-22(25(31)33-13-34-26)23(30)16-6-9-20(39-2)32-11-16)24-21(15-4-3-5-17(28)10-15)27(38)37-12-18(29)7-8-19(37)36-24;1-10(29-20-16(18(24)25)19(26)27-9-28-20)17-15(11-3-2-4-12(22)7-11)21(32)31-8-13(23)5-6-14(31)30-17;1-9(2)10(3,4)16-13(15-9)14-17-11(5,6)12(7,8)18-14;1-11(2)12(3,4)16-13(15-11)9-6-7-10(17-5)14-8-9;1-9-6-3-2-5(7)4-8-6;6-4-1-2-5(7)8-3-4/h3-14,30H,1-2H3,(H3,31,33,34,35);2-10,25H,1H3,(H3,26,27,28,29);1-8H3;6-8H,1-5H3;2-4H,1H3;1-3H/t14-;;;;;/m0...../s1. The van der Waals surface area contributed by atoms with Gasteiger partial charge in [-0.05, 0) is 272 Å². The van der Waals surface area contributed by atoms with E-state index in [9.17, 15) is 27.2 Å². The van der Waals surface area contributed by atoms with Gasteiger partial charge in [-0.25, -0.2) is 62.4 Å². The molecule has 8 N–H and O–H groups in total. The molecule has 3 fully saturated rings. The Kier molecular flexibility index (Phi) is 31.8. The van der Waals surface area contributed by atoms with Crippen LogP contribution in [0.25, 0.3) is 33.5 Å². The summed E-state index contributed by atoms with van der Waals surface area (Å²) in [6.45, 7) is 27.9. The number of nitrogens with one attached hydrogen (secondary N) is 4. The fourth-order valence-corrected chi connectivity index (χ4v) is 14.2. The fraction of sp³-hybridized carbons (Fsp3) is 0.301. The number of pyridine rings is 6. The van der Waals surface area contributed by atoms with Crippen LogP contribution in [0.15, 0.2) is 205 Å². The summed E-state index contributed by atoms with van der Waals surface area (Å²) >= 11 is 18.6. The van der Waals surface area contributed by atoms with Crippen LogP contribution < -0.4 is 38.7 Å². The van der Waals surface area contributed by atoms with Gasteiger partial charge in [0.2, 0.25) is 0 Å². The number of aromatic nitrogens is 12. The first kappa shape index (κ1) is 96.4. The van der Waals surface area contributed by atoms with Gasteiger partial charge in [0.05, 0.1) is 100 Å². The highest BCUT2D eigenvalue weighted by atomic mass is 127. The van der Waals surface area contributed by atoms with E-state index in [0.717, 1.165) is 50.7 Å². The van der Waals surface area contributed by atoms with Gasteiger partial charge in [0.1, 0.15) is 79.4 Å². The van der Waals surface area contributed by atoms with Crippen molar-refractivity contribution in [3.05, 3.63) is 257 Å². The number of halogens is 8. The first-order valence-electron chi connectivity index (χ1n) is 37.9. The molecule has 10 aromatic heterocycles. The van der Waals surface area contributed by atoms with E-state index >= 15 is 0 Å². The number of hydrogen-bond acceptors (Lipinski definition) is 27. The largest absolute Gasteiger partial charge is 0.496 e. The first-order valence-corrected chi connectivity index (χ1v) is 44.6. The zero-order valence-corrected chi connectivity index (χ0v) is 78.6. The van der Waals surface area contributed by atoms with Gasteiger partial charge >= 0.3 is 21.1 Å². The minimum Gasteiger partial charge on any atom is -0.405 e. The lowest BCUT2D eigenvalue weighted by Gasteiger charge is -2.32. The van der Waals surface area contributed by atoms with E-state index in [4.69, 9.17) is 61.8 Å². The van der Waals surface area contributed by atoms with Crippen molar-refractivity contribution in [3.63, 3.8) is 0 Å². The van der Waals surface area contributed by atoms with Gasteiger partial charge in [0.25, 0.3) is 11.1 Å². The van der Waals surface area contributed by atoms with Gasteiger partial charge in [-0.15, -0.1) is 35.3 Å². The zero-order valence-electron chi connectivity index (χ0n) is 70.1. The van der Waals surface area contributed by atoms with Gasteiger partial charge in [0, 0.05) is 57.2 Å². The number of nitrogen functional groups attached to an aromatic ring is 2. The molecule has 2 atom stereocenters. The number of benzene rings is 2. The van der Waals surface area contributed by atoms with Gasteiger partial charge in [0.15, 0.2) is 0 Å². The van der Waals surface area contributed by atoms with Crippen molar-refractivity contribution >= 4 is 172 Å². The normalized spacial score (nSPS) is 15.9.